The molecule has 0 saturated heterocycles. The third-order valence-electron chi connectivity index (χ3n) is 3.72. The molecule has 3 N–H and O–H groups in total. The number of amides is 1. The molecule has 2 aromatic rings. The first-order valence-electron chi connectivity index (χ1n) is 7.56. The molecular formula is C18H21ClF2N2O2. The molecule has 25 heavy (non-hydrogen) atoms. The van der Waals surface area contributed by atoms with E-state index in [1.807, 2.05) is 0 Å². The van der Waals surface area contributed by atoms with Crippen molar-refractivity contribution in [1.82, 2.24) is 5.32 Å². The molecule has 1 unspecified atom stereocenters. The second kappa shape index (κ2) is 10.1. The minimum Gasteiger partial charge on any atom is -0.380 e. The molecule has 7 heteroatoms. The van der Waals surface area contributed by atoms with Gasteiger partial charge in [0.05, 0.1) is 18.6 Å². The average Bonchev–Trinajstić information content (AvgIpc) is 2.59. The van der Waals surface area contributed by atoms with Gasteiger partial charge in [-0.15, -0.1) is 12.4 Å². The number of hydrogen-bond acceptors (Lipinski definition) is 3. The Labute approximate surface area is 151 Å². The van der Waals surface area contributed by atoms with E-state index in [9.17, 15) is 13.6 Å². The molecule has 1 atom stereocenters. The van der Waals surface area contributed by atoms with Crippen molar-refractivity contribution in [2.75, 3.05) is 13.7 Å². The molecule has 0 saturated carbocycles. The van der Waals surface area contributed by atoms with Crippen LogP contribution < -0.4 is 11.1 Å². The summed E-state index contributed by atoms with van der Waals surface area (Å²) < 4.78 is 31.4. The molecule has 0 aromatic heterocycles. The van der Waals surface area contributed by atoms with E-state index in [2.05, 4.69) is 5.32 Å². The van der Waals surface area contributed by atoms with Gasteiger partial charge in [-0.1, -0.05) is 24.3 Å². The maximum Gasteiger partial charge on any atom is 0.223 e. The van der Waals surface area contributed by atoms with Gasteiger partial charge < -0.3 is 15.8 Å². The Morgan fingerprint density at radius 3 is 1.84 bits per heavy atom. The van der Waals surface area contributed by atoms with E-state index in [0.29, 0.717) is 11.1 Å². The maximum atomic E-state index is 13.2. The number of ether oxygens (including phenoxy) is 1. The van der Waals surface area contributed by atoms with Crippen molar-refractivity contribution in [3.05, 3.63) is 71.3 Å². The molecule has 0 aliphatic heterocycles. The lowest BCUT2D eigenvalue weighted by Gasteiger charge is -2.21. The number of rotatable bonds is 7. The first kappa shape index (κ1) is 21.0. The lowest BCUT2D eigenvalue weighted by atomic mass is 9.98. The first-order chi connectivity index (χ1) is 11.5. The standard InChI is InChI=1S/C18H20F2N2O2.ClH/c1-24-16(11-21)10-17(23)22-18(12-2-6-14(19)7-3-12)13-4-8-15(20)9-5-13;/h2-9,16,18H,10-11,21H2,1H3,(H,22,23);1H. The Bertz CT molecular complexity index is 616. The van der Waals surface area contributed by atoms with E-state index >= 15 is 0 Å². The van der Waals surface area contributed by atoms with Gasteiger partial charge in [0.2, 0.25) is 5.91 Å². The third kappa shape index (κ3) is 6.08. The fourth-order valence-corrected chi connectivity index (χ4v) is 2.36. The summed E-state index contributed by atoms with van der Waals surface area (Å²) in [5, 5.41) is 2.87. The Kier molecular flexibility index (Phi) is 8.48. The van der Waals surface area contributed by atoms with E-state index < -0.39 is 6.04 Å². The number of carbonyl (C=O) groups is 1. The van der Waals surface area contributed by atoms with E-state index in [1.54, 1.807) is 24.3 Å². The second-order valence-corrected chi connectivity index (χ2v) is 5.40. The predicted molar refractivity (Wildman–Crippen MR) is 94.5 cm³/mol. The van der Waals surface area contributed by atoms with Crippen molar-refractivity contribution in [2.24, 2.45) is 5.73 Å². The maximum absolute atomic E-state index is 13.2. The summed E-state index contributed by atoms with van der Waals surface area (Å²) in [6.45, 7) is 0.224. The Morgan fingerprint density at radius 2 is 1.48 bits per heavy atom. The van der Waals surface area contributed by atoms with Crippen LogP contribution in [0.25, 0.3) is 0 Å². The van der Waals surface area contributed by atoms with Crippen LogP contribution >= 0.6 is 12.4 Å². The molecule has 4 nitrogen and oxygen atoms in total. The van der Waals surface area contributed by atoms with Gasteiger partial charge in [0, 0.05) is 13.7 Å². The summed E-state index contributed by atoms with van der Waals surface area (Å²) in [6, 6.07) is 11.1. The SMILES string of the molecule is COC(CN)CC(=O)NC(c1ccc(F)cc1)c1ccc(F)cc1.Cl. The monoisotopic (exact) mass is 370 g/mol. The molecule has 0 aliphatic rings. The zero-order valence-electron chi connectivity index (χ0n) is 13.7. The summed E-state index contributed by atoms with van der Waals surface area (Å²) in [6.07, 6.45) is -0.279. The van der Waals surface area contributed by atoms with Crippen molar-refractivity contribution in [3.8, 4) is 0 Å². The number of nitrogens with two attached hydrogens (primary N) is 1. The van der Waals surface area contributed by atoms with Crippen LogP contribution in [0.5, 0.6) is 0 Å². The quantitative estimate of drug-likeness (QED) is 0.787. The normalized spacial score (nSPS) is 11.7. The fraction of sp³-hybridized carbons (Fsp3) is 0.278. The van der Waals surface area contributed by atoms with Crippen molar-refractivity contribution >= 4 is 18.3 Å². The molecule has 0 aliphatic carbocycles. The lowest BCUT2D eigenvalue weighted by molar-refractivity contribution is -0.123. The Balaban J connectivity index is 0.00000312. The number of nitrogens with one attached hydrogen (secondary N) is 1. The van der Waals surface area contributed by atoms with Gasteiger partial charge in [-0.3, -0.25) is 4.79 Å². The predicted octanol–water partition coefficient (Wildman–Crippen LogP) is 2.96. The van der Waals surface area contributed by atoms with Crippen molar-refractivity contribution in [2.45, 2.75) is 18.6 Å². The molecule has 0 fully saturated rings. The average molecular weight is 371 g/mol. The van der Waals surface area contributed by atoms with Crippen LogP contribution in [0.1, 0.15) is 23.6 Å². The van der Waals surface area contributed by atoms with E-state index in [0.717, 1.165) is 0 Å². The van der Waals surface area contributed by atoms with Gasteiger partial charge in [-0.05, 0) is 35.4 Å². The third-order valence-corrected chi connectivity index (χ3v) is 3.72. The topological polar surface area (TPSA) is 64.3 Å². The molecule has 2 aromatic carbocycles. The largest absolute Gasteiger partial charge is 0.380 e. The summed E-state index contributed by atoms with van der Waals surface area (Å²) in [5.74, 6) is -0.998. The molecule has 2 rings (SSSR count). The zero-order chi connectivity index (χ0) is 17.5. The van der Waals surface area contributed by atoms with E-state index in [1.165, 1.54) is 31.4 Å². The van der Waals surface area contributed by atoms with Crippen LogP contribution in [0.2, 0.25) is 0 Å². The minimum atomic E-state index is -0.519. The van der Waals surface area contributed by atoms with Crippen LogP contribution in [-0.4, -0.2) is 25.7 Å². The van der Waals surface area contributed by atoms with E-state index in [4.69, 9.17) is 10.5 Å². The number of halogens is 3. The number of carbonyl (C=O) groups excluding carboxylic acids is 1. The van der Waals surface area contributed by atoms with Crippen molar-refractivity contribution in [1.29, 1.82) is 0 Å². The molecular weight excluding hydrogens is 350 g/mol. The van der Waals surface area contributed by atoms with E-state index in [-0.39, 0.29) is 49.0 Å². The number of benzene rings is 2. The summed E-state index contributed by atoms with van der Waals surface area (Å²) >= 11 is 0. The van der Waals surface area contributed by atoms with Gasteiger partial charge in [0.25, 0.3) is 0 Å². The highest BCUT2D eigenvalue weighted by Crippen LogP contribution is 2.23. The van der Waals surface area contributed by atoms with Crippen LogP contribution in [-0.2, 0) is 9.53 Å². The molecule has 0 spiro atoms. The van der Waals surface area contributed by atoms with Crippen LogP contribution in [0, 0.1) is 11.6 Å². The Hall–Kier alpha value is -2.02. The van der Waals surface area contributed by atoms with Crippen molar-refractivity contribution in [3.63, 3.8) is 0 Å². The van der Waals surface area contributed by atoms with Gasteiger partial charge in [-0.2, -0.15) is 0 Å². The second-order valence-electron chi connectivity index (χ2n) is 5.40. The molecule has 0 bridgehead atoms. The van der Waals surface area contributed by atoms with Gasteiger partial charge in [0.15, 0.2) is 0 Å². The molecule has 0 radical (unpaired) electrons. The lowest BCUT2D eigenvalue weighted by Crippen LogP contribution is -2.34. The minimum absolute atomic E-state index is 0. The molecule has 0 heterocycles. The zero-order valence-corrected chi connectivity index (χ0v) is 14.6. The molecule has 136 valence electrons. The van der Waals surface area contributed by atoms with Gasteiger partial charge in [0.1, 0.15) is 11.6 Å². The smallest absolute Gasteiger partial charge is 0.223 e. The fourth-order valence-electron chi connectivity index (χ4n) is 2.36. The van der Waals surface area contributed by atoms with Crippen LogP contribution in [0.15, 0.2) is 48.5 Å². The first-order valence-corrected chi connectivity index (χ1v) is 7.56. The Morgan fingerprint density at radius 1 is 1.04 bits per heavy atom. The van der Waals surface area contributed by atoms with Crippen LogP contribution in [0.4, 0.5) is 8.78 Å². The summed E-state index contributed by atoms with van der Waals surface area (Å²) in [4.78, 5) is 12.3. The molecule has 1 amide bonds. The highest BCUT2D eigenvalue weighted by molar-refractivity contribution is 5.85. The summed E-state index contributed by atoms with van der Waals surface area (Å²) in [7, 11) is 1.49. The summed E-state index contributed by atoms with van der Waals surface area (Å²) in [5.41, 5.74) is 6.91. The van der Waals surface area contributed by atoms with Crippen LogP contribution in [0.3, 0.4) is 0 Å². The highest BCUT2D eigenvalue weighted by atomic mass is 35.5. The van der Waals surface area contributed by atoms with Crippen molar-refractivity contribution < 1.29 is 18.3 Å². The number of methoxy groups -OCH3 is 1. The van der Waals surface area contributed by atoms with Gasteiger partial charge in [-0.25, -0.2) is 8.78 Å². The van der Waals surface area contributed by atoms with Gasteiger partial charge >= 0.3 is 0 Å². The number of hydrogen-bond donors (Lipinski definition) is 2. The highest BCUT2D eigenvalue weighted by Gasteiger charge is 2.19.